The van der Waals surface area contributed by atoms with Crippen molar-refractivity contribution in [2.75, 3.05) is 39.4 Å². The summed E-state index contributed by atoms with van der Waals surface area (Å²) < 4.78 is 5.27. The van der Waals surface area contributed by atoms with Crippen LogP contribution in [0.1, 0.15) is 16.9 Å². The summed E-state index contributed by atoms with van der Waals surface area (Å²) in [4.78, 5) is 21.8. The van der Waals surface area contributed by atoms with E-state index in [9.17, 15) is 4.79 Å². The Morgan fingerprint density at radius 1 is 1.37 bits per heavy atom. The minimum atomic E-state index is -0.217. The normalized spacial score (nSPS) is 16.3. The molecule has 0 radical (unpaired) electrons. The van der Waals surface area contributed by atoms with Crippen molar-refractivity contribution in [1.29, 1.82) is 0 Å². The minimum absolute atomic E-state index is 0.217. The quantitative estimate of drug-likeness (QED) is 0.801. The SMILES string of the molecule is O=C(NCCCN1CCOCC1)c1cnc(Cl)cn1. The molecule has 0 spiro atoms. The van der Waals surface area contributed by atoms with Crippen LogP contribution in [0.3, 0.4) is 0 Å². The van der Waals surface area contributed by atoms with Crippen LogP contribution < -0.4 is 5.32 Å². The Morgan fingerprint density at radius 3 is 2.84 bits per heavy atom. The summed E-state index contributed by atoms with van der Waals surface area (Å²) in [5.74, 6) is -0.217. The highest BCUT2D eigenvalue weighted by molar-refractivity contribution is 6.29. The topological polar surface area (TPSA) is 67.4 Å². The fraction of sp³-hybridized carbons (Fsp3) is 0.583. The van der Waals surface area contributed by atoms with Gasteiger partial charge in [0.05, 0.1) is 25.6 Å². The Morgan fingerprint density at radius 2 is 2.16 bits per heavy atom. The monoisotopic (exact) mass is 284 g/mol. The van der Waals surface area contributed by atoms with Gasteiger partial charge < -0.3 is 10.1 Å². The second kappa shape index (κ2) is 7.37. The van der Waals surface area contributed by atoms with Gasteiger partial charge in [0.15, 0.2) is 0 Å². The number of carbonyl (C=O) groups is 1. The summed E-state index contributed by atoms with van der Waals surface area (Å²) in [6, 6.07) is 0. The predicted molar refractivity (Wildman–Crippen MR) is 71.3 cm³/mol. The molecule has 2 heterocycles. The molecule has 0 atom stereocenters. The lowest BCUT2D eigenvalue weighted by molar-refractivity contribution is 0.0374. The predicted octanol–water partition coefficient (Wildman–Crippen LogP) is 0.582. The van der Waals surface area contributed by atoms with E-state index in [4.69, 9.17) is 16.3 Å². The maximum Gasteiger partial charge on any atom is 0.271 e. The highest BCUT2D eigenvalue weighted by Crippen LogP contribution is 2.01. The van der Waals surface area contributed by atoms with Gasteiger partial charge in [-0.2, -0.15) is 0 Å². The van der Waals surface area contributed by atoms with Crippen molar-refractivity contribution in [3.63, 3.8) is 0 Å². The minimum Gasteiger partial charge on any atom is -0.379 e. The molecule has 1 aromatic heterocycles. The molecule has 1 fully saturated rings. The molecule has 2 rings (SSSR count). The van der Waals surface area contributed by atoms with Gasteiger partial charge >= 0.3 is 0 Å². The van der Waals surface area contributed by atoms with Crippen LogP contribution in [0.4, 0.5) is 0 Å². The van der Waals surface area contributed by atoms with Gasteiger partial charge in [-0.3, -0.25) is 9.69 Å². The van der Waals surface area contributed by atoms with Crippen molar-refractivity contribution < 1.29 is 9.53 Å². The van der Waals surface area contributed by atoms with Crippen LogP contribution in [-0.2, 0) is 4.74 Å². The molecule has 0 bridgehead atoms. The fourth-order valence-electron chi connectivity index (χ4n) is 1.85. The Kier molecular flexibility index (Phi) is 5.50. The van der Waals surface area contributed by atoms with Crippen molar-refractivity contribution in [3.05, 3.63) is 23.2 Å². The Hall–Kier alpha value is -1.24. The molecule has 0 saturated carbocycles. The second-order valence-corrected chi connectivity index (χ2v) is 4.68. The zero-order valence-corrected chi connectivity index (χ0v) is 11.4. The molecule has 0 aromatic carbocycles. The van der Waals surface area contributed by atoms with Crippen molar-refractivity contribution >= 4 is 17.5 Å². The smallest absolute Gasteiger partial charge is 0.271 e. The summed E-state index contributed by atoms with van der Waals surface area (Å²) in [5.41, 5.74) is 0.288. The molecule has 1 aromatic rings. The highest BCUT2D eigenvalue weighted by atomic mass is 35.5. The van der Waals surface area contributed by atoms with Crippen LogP contribution in [0.25, 0.3) is 0 Å². The number of morpholine rings is 1. The number of halogens is 1. The average Bonchev–Trinajstić information content (AvgIpc) is 2.45. The van der Waals surface area contributed by atoms with E-state index in [-0.39, 0.29) is 16.8 Å². The molecule has 1 aliphatic rings. The van der Waals surface area contributed by atoms with E-state index >= 15 is 0 Å². The van der Waals surface area contributed by atoms with Gasteiger partial charge in [-0.15, -0.1) is 0 Å². The standard InChI is InChI=1S/C12H17ClN4O2/c13-11-9-15-10(8-16-11)12(18)14-2-1-3-17-4-6-19-7-5-17/h8-9H,1-7H2,(H,14,18). The second-order valence-electron chi connectivity index (χ2n) is 4.29. The van der Waals surface area contributed by atoms with Crippen LogP contribution in [0.5, 0.6) is 0 Å². The molecule has 0 unspecified atom stereocenters. The lowest BCUT2D eigenvalue weighted by atomic mass is 10.3. The Bertz CT molecular complexity index is 407. The number of ether oxygens (including phenoxy) is 1. The molecular formula is C12H17ClN4O2. The lowest BCUT2D eigenvalue weighted by Gasteiger charge is -2.26. The molecule has 1 amide bonds. The molecule has 104 valence electrons. The van der Waals surface area contributed by atoms with Crippen LogP contribution in [-0.4, -0.2) is 60.2 Å². The van der Waals surface area contributed by atoms with E-state index in [1.807, 2.05) is 0 Å². The molecule has 1 aliphatic heterocycles. The van der Waals surface area contributed by atoms with Crippen LogP contribution >= 0.6 is 11.6 Å². The third-order valence-corrected chi connectivity index (χ3v) is 3.09. The van der Waals surface area contributed by atoms with E-state index in [0.717, 1.165) is 39.3 Å². The average molecular weight is 285 g/mol. The van der Waals surface area contributed by atoms with Crippen molar-refractivity contribution in [2.24, 2.45) is 0 Å². The summed E-state index contributed by atoms with van der Waals surface area (Å²) in [6.07, 6.45) is 3.65. The summed E-state index contributed by atoms with van der Waals surface area (Å²) >= 11 is 5.61. The van der Waals surface area contributed by atoms with Gasteiger partial charge in [0, 0.05) is 19.6 Å². The van der Waals surface area contributed by atoms with Crippen LogP contribution in [0, 0.1) is 0 Å². The maximum absolute atomic E-state index is 11.7. The van der Waals surface area contributed by atoms with Gasteiger partial charge in [0.25, 0.3) is 5.91 Å². The lowest BCUT2D eigenvalue weighted by Crippen LogP contribution is -2.38. The first-order valence-corrected chi connectivity index (χ1v) is 6.69. The fourth-order valence-corrected chi connectivity index (χ4v) is 1.95. The van der Waals surface area contributed by atoms with Gasteiger partial charge in [-0.25, -0.2) is 9.97 Å². The number of nitrogens with zero attached hydrogens (tertiary/aromatic N) is 3. The van der Waals surface area contributed by atoms with Crippen LogP contribution in [0.15, 0.2) is 12.4 Å². The third-order valence-electron chi connectivity index (χ3n) is 2.89. The summed E-state index contributed by atoms with van der Waals surface area (Å²) in [6.45, 7) is 5.13. The van der Waals surface area contributed by atoms with Crippen molar-refractivity contribution in [3.8, 4) is 0 Å². The van der Waals surface area contributed by atoms with Crippen molar-refractivity contribution in [1.82, 2.24) is 20.2 Å². The molecule has 1 N–H and O–H groups in total. The number of hydrogen-bond donors (Lipinski definition) is 1. The summed E-state index contributed by atoms with van der Waals surface area (Å²) in [5, 5.41) is 3.10. The van der Waals surface area contributed by atoms with E-state index in [2.05, 4.69) is 20.2 Å². The number of amides is 1. The number of carbonyl (C=O) groups excluding carboxylic acids is 1. The molecule has 7 heteroatoms. The van der Waals surface area contributed by atoms with E-state index in [1.165, 1.54) is 12.4 Å². The van der Waals surface area contributed by atoms with Crippen molar-refractivity contribution in [2.45, 2.75) is 6.42 Å². The largest absolute Gasteiger partial charge is 0.379 e. The highest BCUT2D eigenvalue weighted by Gasteiger charge is 2.10. The Balaban J connectivity index is 1.64. The third kappa shape index (κ3) is 4.74. The number of rotatable bonds is 5. The zero-order valence-electron chi connectivity index (χ0n) is 10.6. The molecule has 19 heavy (non-hydrogen) atoms. The van der Waals surface area contributed by atoms with Gasteiger partial charge in [-0.05, 0) is 13.0 Å². The van der Waals surface area contributed by atoms with E-state index in [1.54, 1.807) is 0 Å². The summed E-state index contributed by atoms with van der Waals surface area (Å²) in [7, 11) is 0. The Labute approximate surface area is 117 Å². The maximum atomic E-state index is 11.7. The molecule has 0 aliphatic carbocycles. The molecular weight excluding hydrogens is 268 g/mol. The van der Waals surface area contributed by atoms with Gasteiger partial charge in [-0.1, -0.05) is 11.6 Å². The number of aromatic nitrogens is 2. The van der Waals surface area contributed by atoms with Gasteiger partial charge in [0.1, 0.15) is 10.8 Å². The van der Waals surface area contributed by atoms with E-state index < -0.39 is 0 Å². The zero-order chi connectivity index (χ0) is 13.5. The molecule has 6 nitrogen and oxygen atoms in total. The van der Waals surface area contributed by atoms with Gasteiger partial charge in [0.2, 0.25) is 0 Å². The first kappa shape index (κ1) is 14.2. The molecule has 1 saturated heterocycles. The van der Waals surface area contributed by atoms with Crippen LogP contribution in [0.2, 0.25) is 5.15 Å². The number of hydrogen-bond acceptors (Lipinski definition) is 5. The first-order chi connectivity index (χ1) is 9.25. The van der Waals surface area contributed by atoms with E-state index in [0.29, 0.717) is 6.54 Å². The first-order valence-electron chi connectivity index (χ1n) is 6.31. The number of nitrogens with one attached hydrogen (secondary N) is 1.